The molecule has 1 aliphatic rings. The normalized spacial score (nSPS) is 19.6. The molecule has 1 atom stereocenters. The van der Waals surface area contributed by atoms with Crippen LogP contribution in [0.4, 0.5) is 0 Å². The molecule has 1 aliphatic heterocycles. The summed E-state index contributed by atoms with van der Waals surface area (Å²) in [5, 5.41) is 0.486. The second-order valence-corrected chi connectivity index (χ2v) is 7.86. The number of rotatable bonds is 8. The Labute approximate surface area is 137 Å². The van der Waals surface area contributed by atoms with Gasteiger partial charge in [0.15, 0.2) is 0 Å². The smallest absolute Gasteiger partial charge is 0.215 e. The topological polar surface area (TPSA) is 58.6 Å². The highest BCUT2D eigenvalue weighted by molar-refractivity contribution is 7.88. The summed E-state index contributed by atoms with van der Waals surface area (Å²) in [6.07, 6.45) is 1.01. The minimum absolute atomic E-state index is 0.0766. The summed E-state index contributed by atoms with van der Waals surface area (Å²) in [6, 6.07) is 7.03. The summed E-state index contributed by atoms with van der Waals surface area (Å²) in [5.41, 5.74) is 0.629. The maximum absolute atomic E-state index is 12.2. The van der Waals surface area contributed by atoms with Crippen molar-refractivity contribution in [2.24, 2.45) is 5.92 Å². The fourth-order valence-corrected chi connectivity index (χ4v) is 4.15. The molecule has 0 amide bonds. The molecule has 1 saturated heterocycles. The molecule has 0 saturated carbocycles. The lowest BCUT2D eigenvalue weighted by Gasteiger charge is -2.15. The van der Waals surface area contributed by atoms with Crippen molar-refractivity contribution in [3.63, 3.8) is 0 Å². The van der Waals surface area contributed by atoms with E-state index < -0.39 is 10.0 Å². The third-order valence-electron chi connectivity index (χ3n) is 3.88. The molecule has 1 N–H and O–H groups in total. The van der Waals surface area contributed by atoms with Gasteiger partial charge in [-0.2, -0.15) is 0 Å². The van der Waals surface area contributed by atoms with E-state index in [2.05, 4.69) is 9.62 Å². The summed E-state index contributed by atoms with van der Waals surface area (Å²) in [6.45, 7) is 4.01. The lowest BCUT2D eigenvalue weighted by Crippen LogP contribution is -2.32. The molecule has 0 bridgehead atoms. The molecule has 0 radical (unpaired) electrons. The molecular formula is C15H23ClN2O3S. The van der Waals surface area contributed by atoms with Crippen LogP contribution in [0, 0.1) is 5.92 Å². The zero-order valence-electron chi connectivity index (χ0n) is 12.8. The monoisotopic (exact) mass is 346 g/mol. The van der Waals surface area contributed by atoms with Crippen molar-refractivity contribution in [3.05, 3.63) is 34.9 Å². The van der Waals surface area contributed by atoms with Gasteiger partial charge in [-0.3, -0.25) is 0 Å². The summed E-state index contributed by atoms with van der Waals surface area (Å²) < 4.78 is 32.1. The van der Waals surface area contributed by atoms with Crippen molar-refractivity contribution in [1.82, 2.24) is 9.62 Å². The van der Waals surface area contributed by atoms with E-state index in [0.29, 0.717) is 29.7 Å². The average Bonchev–Trinajstić information content (AvgIpc) is 2.93. The van der Waals surface area contributed by atoms with Gasteiger partial charge in [0.05, 0.1) is 12.4 Å². The third kappa shape index (κ3) is 5.52. The Hall–Kier alpha value is -0.660. The van der Waals surface area contributed by atoms with Crippen LogP contribution < -0.4 is 4.72 Å². The van der Waals surface area contributed by atoms with E-state index in [-0.39, 0.29) is 5.75 Å². The number of halogens is 1. The predicted octanol–water partition coefficient (Wildman–Crippen LogP) is 1.73. The van der Waals surface area contributed by atoms with Crippen LogP contribution in [-0.4, -0.2) is 53.2 Å². The Kier molecular flexibility index (Phi) is 6.65. The summed E-state index contributed by atoms with van der Waals surface area (Å²) in [7, 11) is -1.67. The van der Waals surface area contributed by atoms with Gasteiger partial charge in [-0.05, 0) is 30.5 Å². The molecule has 1 heterocycles. The summed E-state index contributed by atoms with van der Waals surface area (Å²) >= 11 is 6.01. The number of nitrogens with one attached hydrogen (secondary N) is 1. The van der Waals surface area contributed by atoms with Crippen LogP contribution in [0.3, 0.4) is 0 Å². The highest BCUT2D eigenvalue weighted by atomic mass is 35.5. The van der Waals surface area contributed by atoms with Crippen LogP contribution in [0.5, 0.6) is 0 Å². The first-order chi connectivity index (χ1) is 10.5. The number of nitrogens with zero attached hydrogens (tertiary/aromatic N) is 1. The van der Waals surface area contributed by atoms with Gasteiger partial charge in [0.1, 0.15) is 0 Å². The second-order valence-electron chi connectivity index (χ2n) is 5.65. The second kappa shape index (κ2) is 8.26. The Morgan fingerprint density at radius 1 is 1.41 bits per heavy atom. The van der Waals surface area contributed by atoms with Crippen molar-refractivity contribution < 1.29 is 13.2 Å². The molecule has 124 valence electrons. The zero-order valence-corrected chi connectivity index (χ0v) is 14.4. The molecule has 7 heteroatoms. The lowest BCUT2D eigenvalue weighted by molar-refractivity contribution is 0.159. The van der Waals surface area contributed by atoms with Gasteiger partial charge >= 0.3 is 0 Å². The summed E-state index contributed by atoms with van der Waals surface area (Å²) in [5.74, 6) is 0.283. The molecular weight excluding hydrogens is 324 g/mol. The molecule has 0 aromatic heterocycles. The molecule has 0 aliphatic carbocycles. The van der Waals surface area contributed by atoms with Crippen LogP contribution in [0.25, 0.3) is 0 Å². The molecule has 1 aromatic carbocycles. The maximum Gasteiger partial charge on any atom is 0.215 e. The molecule has 5 nitrogen and oxygen atoms in total. The number of likely N-dealkylation sites (tertiary alicyclic amines) is 1. The quantitative estimate of drug-likeness (QED) is 0.778. The Morgan fingerprint density at radius 3 is 2.91 bits per heavy atom. The predicted molar refractivity (Wildman–Crippen MR) is 88.5 cm³/mol. The van der Waals surface area contributed by atoms with Crippen LogP contribution in [0.15, 0.2) is 24.3 Å². The minimum Gasteiger partial charge on any atom is -0.383 e. The first kappa shape index (κ1) is 17.7. The maximum atomic E-state index is 12.2. The van der Waals surface area contributed by atoms with E-state index in [9.17, 15) is 8.42 Å². The zero-order chi connectivity index (χ0) is 16.0. The van der Waals surface area contributed by atoms with Crippen LogP contribution in [-0.2, 0) is 20.5 Å². The van der Waals surface area contributed by atoms with Gasteiger partial charge in [0.2, 0.25) is 10.0 Å². The number of ether oxygens (including phenoxy) is 1. The fourth-order valence-electron chi connectivity index (χ4n) is 2.62. The molecule has 1 unspecified atom stereocenters. The first-order valence-corrected chi connectivity index (χ1v) is 9.45. The van der Waals surface area contributed by atoms with E-state index in [1.54, 1.807) is 31.4 Å². The SMILES string of the molecule is COCCN1CCC(CNS(=O)(=O)Cc2ccccc2Cl)C1. The van der Waals surface area contributed by atoms with E-state index in [4.69, 9.17) is 16.3 Å². The van der Waals surface area contributed by atoms with Gasteiger partial charge in [0.25, 0.3) is 0 Å². The number of benzene rings is 1. The van der Waals surface area contributed by atoms with Crippen LogP contribution in [0.2, 0.25) is 5.02 Å². The van der Waals surface area contributed by atoms with Gasteiger partial charge in [-0.1, -0.05) is 29.8 Å². The average molecular weight is 347 g/mol. The fraction of sp³-hybridized carbons (Fsp3) is 0.600. The minimum atomic E-state index is -3.36. The molecule has 1 fully saturated rings. The number of hydrogen-bond donors (Lipinski definition) is 1. The van der Waals surface area contributed by atoms with Crippen molar-refractivity contribution in [3.8, 4) is 0 Å². The standard InChI is InChI=1S/C15H23ClN2O3S/c1-21-9-8-18-7-6-13(11-18)10-17-22(19,20)12-14-4-2-3-5-15(14)16/h2-5,13,17H,6-12H2,1H3. The van der Waals surface area contributed by atoms with E-state index in [0.717, 1.165) is 26.1 Å². The van der Waals surface area contributed by atoms with Crippen molar-refractivity contribution >= 4 is 21.6 Å². The van der Waals surface area contributed by atoms with Gasteiger partial charge in [-0.15, -0.1) is 0 Å². The highest BCUT2D eigenvalue weighted by Gasteiger charge is 2.23. The van der Waals surface area contributed by atoms with E-state index in [1.807, 2.05) is 0 Å². The molecule has 0 spiro atoms. The molecule has 2 rings (SSSR count). The Balaban J connectivity index is 1.80. The van der Waals surface area contributed by atoms with Crippen molar-refractivity contribution in [2.75, 3.05) is 39.9 Å². The van der Waals surface area contributed by atoms with E-state index in [1.165, 1.54) is 0 Å². The third-order valence-corrected chi connectivity index (χ3v) is 5.54. The van der Waals surface area contributed by atoms with Gasteiger partial charge < -0.3 is 9.64 Å². The largest absolute Gasteiger partial charge is 0.383 e. The molecule has 22 heavy (non-hydrogen) atoms. The Morgan fingerprint density at radius 2 is 2.18 bits per heavy atom. The Bertz CT molecular complexity index is 580. The number of hydrogen-bond acceptors (Lipinski definition) is 4. The summed E-state index contributed by atoms with van der Waals surface area (Å²) in [4.78, 5) is 2.30. The van der Waals surface area contributed by atoms with Crippen molar-refractivity contribution in [1.29, 1.82) is 0 Å². The highest BCUT2D eigenvalue weighted by Crippen LogP contribution is 2.18. The van der Waals surface area contributed by atoms with Gasteiger partial charge in [-0.25, -0.2) is 13.1 Å². The first-order valence-electron chi connectivity index (χ1n) is 7.42. The van der Waals surface area contributed by atoms with E-state index >= 15 is 0 Å². The van der Waals surface area contributed by atoms with Crippen LogP contribution in [0.1, 0.15) is 12.0 Å². The number of methoxy groups -OCH3 is 1. The lowest BCUT2D eigenvalue weighted by atomic mass is 10.1. The van der Waals surface area contributed by atoms with Gasteiger partial charge in [0, 0.05) is 31.8 Å². The van der Waals surface area contributed by atoms with Crippen molar-refractivity contribution in [2.45, 2.75) is 12.2 Å². The number of sulfonamides is 1. The molecule has 1 aromatic rings. The van der Waals surface area contributed by atoms with Crippen LogP contribution >= 0.6 is 11.6 Å².